The third-order valence-corrected chi connectivity index (χ3v) is 3.90. The Labute approximate surface area is 161 Å². The highest BCUT2D eigenvalue weighted by molar-refractivity contribution is 5.96. The highest BCUT2D eigenvalue weighted by Crippen LogP contribution is 2.31. The molecule has 2 aromatic rings. The molecular weight excluding hydrogens is 368 g/mol. The van der Waals surface area contributed by atoms with Crippen LogP contribution in [0.5, 0.6) is 17.2 Å². The molecule has 1 atom stereocenters. The fourth-order valence-corrected chi connectivity index (χ4v) is 2.36. The number of nitrogens with one attached hydrogen (secondary N) is 1. The smallest absolute Gasteiger partial charge is 0.296 e. The Hall–Kier alpha value is -3.62. The first kappa shape index (κ1) is 20.7. The zero-order valence-corrected chi connectivity index (χ0v) is 15.8. The van der Waals surface area contributed by atoms with Gasteiger partial charge in [0, 0.05) is 5.56 Å². The Morgan fingerprint density at radius 3 is 2.36 bits per heavy atom. The summed E-state index contributed by atoms with van der Waals surface area (Å²) in [7, 11) is 2.80. The molecule has 9 nitrogen and oxygen atoms in total. The molecule has 0 aliphatic heterocycles. The van der Waals surface area contributed by atoms with Crippen LogP contribution in [0.1, 0.15) is 24.2 Å². The Bertz CT molecular complexity index is 911. The van der Waals surface area contributed by atoms with Crippen LogP contribution in [-0.2, 0) is 4.79 Å². The largest absolute Gasteiger partial charge is 0.496 e. The maximum Gasteiger partial charge on any atom is 0.296 e. The van der Waals surface area contributed by atoms with Gasteiger partial charge in [-0.3, -0.25) is 19.7 Å². The molecule has 0 fully saturated rings. The number of ketones is 1. The lowest BCUT2D eigenvalue weighted by molar-refractivity contribution is -0.384. The topological polar surface area (TPSA) is 117 Å². The fourth-order valence-electron chi connectivity index (χ4n) is 2.36. The predicted molar refractivity (Wildman–Crippen MR) is 101 cm³/mol. The highest BCUT2D eigenvalue weighted by Gasteiger charge is 2.22. The van der Waals surface area contributed by atoms with Crippen molar-refractivity contribution in [2.24, 2.45) is 0 Å². The molecule has 148 valence electrons. The minimum atomic E-state index is -0.987. The van der Waals surface area contributed by atoms with Gasteiger partial charge in [0.1, 0.15) is 11.4 Å². The molecule has 0 spiro atoms. The standard InChI is InChI=1S/C19H20N2O7/c1-11(22)13-5-8-17(18(9-13)27-4)28-12(2)19(23)20-15-7-6-14(26-3)10-16(15)21(24)25/h5-10,12H,1-4H3,(H,20,23)/t12-/m0/s1. The van der Waals surface area contributed by atoms with Crippen molar-refractivity contribution < 1.29 is 28.7 Å². The van der Waals surface area contributed by atoms with Crippen molar-refractivity contribution in [1.29, 1.82) is 0 Å². The second kappa shape index (κ2) is 8.85. The lowest BCUT2D eigenvalue weighted by atomic mass is 10.1. The van der Waals surface area contributed by atoms with Gasteiger partial charge in [0.15, 0.2) is 23.4 Å². The van der Waals surface area contributed by atoms with E-state index in [0.717, 1.165) is 0 Å². The van der Waals surface area contributed by atoms with Crippen LogP contribution in [-0.4, -0.2) is 36.9 Å². The number of ether oxygens (including phenoxy) is 3. The van der Waals surface area contributed by atoms with E-state index in [-0.39, 0.29) is 22.9 Å². The first-order valence-electron chi connectivity index (χ1n) is 8.25. The minimum absolute atomic E-state index is 0.0187. The SMILES string of the molecule is COc1ccc(NC(=O)[C@H](C)Oc2ccc(C(C)=O)cc2OC)c([N+](=O)[O-])c1. The summed E-state index contributed by atoms with van der Waals surface area (Å²) in [6.07, 6.45) is -0.987. The van der Waals surface area contributed by atoms with Gasteiger partial charge in [-0.1, -0.05) is 0 Å². The molecule has 0 saturated carbocycles. The van der Waals surface area contributed by atoms with Crippen LogP contribution in [0.25, 0.3) is 0 Å². The van der Waals surface area contributed by atoms with Crippen molar-refractivity contribution in [3.63, 3.8) is 0 Å². The van der Waals surface area contributed by atoms with Crippen LogP contribution >= 0.6 is 0 Å². The van der Waals surface area contributed by atoms with E-state index in [0.29, 0.717) is 17.1 Å². The molecule has 1 N–H and O–H groups in total. The van der Waals surface area contributed by atoms with Crippen LogP contribution in [0.3, 0.4) is 0 Å². The molecule has 9 heteroatoms. The lowest BCUT2D eigenvalue weighted by Gasteiger charge is -2.17. The van der Waals surface area contributed by atoms with Gasteiger partial charge in [-0.25, -0.2) is 0 Å². The average Bonchev–Trinajstić information content (AvgIpc) is 2.67. The van der Waals surface area contributed by atoms with E-state index in [4.69, 9.17) is 14.2 Å². The molecule has 0 radical (unpaired) electrons. The van der Waals surface area contributed by atoms with Crippen LogP contribution in [0.15, 0.2) is 36.4 Å². The summed E-state index contributed by atoms with van der Waals surface area (Å²) in [4.78, 5) is 34.5. The molecule has 2 aromatic carbocycles. The molecule has 0 unspecified atom stereocenters. The Balaban J connectivity index is 2.18. The summed E-state index contributed by atoms with van der Waals surface area (Å²) in [5.74, 6) is 0.125. The Morgan fingerprint density at radius 1 is 1.07 bits per heavy atom. The number of nitro groups is 1. The summed E-state index contributed by atoms with van der Waals surface area (Å²) in [5, 5.41) is 13.7. The number of nitrogens with zero attached hydrogens (tertiary/aromatic N) is 1. The van der Waals surface area contributed by atoms with E-state index in [1.54, 1.807) is 6.07 Å². The summed E-state index contributed by atoms with van der Waals surface area (Å²) < 4.78 is 15.8. The van der Waals surface area contributed by atoms with Crippen LogP contribution in [0.4, 0.5) is 11.4 Å². The predicted octanol–water partition coefficient (Wildman–Crippen LogP) is 3.22. The normalized spacial score (nSPS) is 11.3. The van der Waals surface area contributed by atoms with Crippen LogP contribution in [0, 0.1) is 10.1 Å². The molecule has 28 heavy (non-hydrogen) atoms. The third kappa shape index (κ3) is 4.76. The van der Waals surface area contributed by atoms with Gasteiger partial charge in [-0.05, 0) is 44.2 Å². The number of methoxy groups -OCH3 is 2. The second-order valence-electron chi connectivity index (χ2n) is 5.81. The monoisotopic (exact) mass is 388 g/mol. The summed E-state index contributed by atoms with van der Waals surface area (Å²) in [6, 6.07) is 8.68. The van der Waals surface area contributed by atoms with E-state index in [1.807, 2.05) is 0 Å². The van der Waals surface area contributed by atoms with Gasteiger partial charge < -0.3 is 19.5 Å². The van der Waals surface area contributed by atoms with Gasteiger partial charge in [0.2, 0.25) is 0 Å². The fraction of sp³-hybridized carbons (Fsp3) is 0.263. The van der Waals surface area contributed by atoms with Gasteiger partial charge in [-0.15, -0.1) is 0 Å². The summed E-state index contributed by atoms with van der Waals surface area (Å²) in [5.41, 5.74) is 0.156. The van der Waals surface area contributed by atoms with E-state index < -0.39 is 16.9 Å². The first-order chi connectivity index (χ1) is 13.3. The number of nitro benzene ring substituents is 1. The van der Waals surface area contributed by atoms with Crippen molar-refractivity contribution in [1.82, 2.24) is 0 Å². The van der Waals surface area contributed by atoms with E-state index in [1.165, 1.54) is 58.4 Å². The molecule has 0 heterocycles. The van der Waals surface area contributed by atoms with Crippen molar-refractivity contribution >= 4 is 23.1 Å². The van der Waals surface area contributed by atoms with Crippen molar-refractivity contribution in [3.8, 4) is 17.2 Å². The van der Waals surface area contributed by atoms with Gasteiger partial charge >= 0.3 is 0 Å². The molecular formula is C19H20N2O7. The molecule has 0 aliphatic rings. The number of anilines is 1. The van der Waals surface area contributed by atoms with Crippen LogP contribution in [0.2, 0.25) is 0 Å². The molecule has 1 amide bonds. The minimum Gasteiger partial charge on any atom is -0.496 e. The lowest BCUT2D eigenvalue weighted by Crippen LogP contribution is -2.30. The molecule has 0 aliphatic carbocycles. The Morgan fingerprint density at radius 2 is 1.79 bits per heavy atom. The maximum atomic E-state index is 12.4. The van der Waals surface area contributed by atoms with Crippen molar-refractivity contribution in [2.45, 2.75) is 20.0 Å². The van der Waals surface area contributed by atoms with Gasteiger partial charge in [0.05, 0.1) is 25.2 Å². The third-order valence-electron chi connectivity index (χ3n) is 3.90. The van der Waals surface area contributed by atoms with Crippen molar-refractivity contribution in [3.05, 3.63) is 52.1 Å². The average molecular weight is 388 g/mol. The second-order valence-corrected chi connectivity index (χ2v) is 5.81. The number of amides is 1. The van der Waals surface area contributed by atoms with E-state index in [9.17, 15) is 19.7 Å². The van der Waals surface area contributed by atoms with Crippen molar-refractivity contribution in [2.75, 3.05) is 19.5 Å². The summed E-state index contributed by atoms with van der Waals surface area (Å²) >= 11 is 0. The number of hydrogen-bond donors (Lipinski definition) is 1. The maximum absolute atomic E-state index is 12.4. The molecule has 0 saturated heterocycles. The summed E-state index contributed by atoms with van der Waals surface area (Å²) in [6.45, 7) is 2.91. The molecule has 2 rings (SSSR count). The molecule has 0 aromatic heterocycles. The molecule has 0 bridgehead atoms. The van der Waals surface area contributed by atoms with E-state index >= 15 is 0 Å². The quantitative estimate of drug-likeness (QED) is 0.419. The number of Topliss-reactive ketones (excluding diaryl/α,β-unsaturated/α-hetero) is 1. The Kier molecular flexibility index (Phi) is 6.54. The zero-order chi connectivity index (χ0) is 20.8. The zero-order valence-electron chi connectivity index (χ0n) is 15.8. The highest BCUT2D eigenvalue weighted by atomic mass is 16.6. The number of benzene rings is 2. The van der Waals surface area contributed by atoms with Gasteiger partial charge in [-0.2, -0.15) is 0 Å². The number of carbonyl (C=O) groups excluding carboxylic acids is 2. The van der Waals surface area contributed by atoms with E-state index in [2.05, 4.69) is 5.32 Å². The number of hydrogen-bond acceptors (Lipinski definition) is 7. The van der Waals surface area contributed by atoms with Gasteiger partial charge in [0.25, 0.3) is 11.6 Å². The number of carbonyl (C=O) groups is 2. The number of rotatable bonds is 8. The first-order valence-corrected chi connectivity index (χ1v) is 8.25. The van der Waals surface area contributed by atoms with Crippen LogP contribution < -0.4 is 19.5 Å².